The lowest BCUT2D eigenvalue weighted by atomic mass is 9.99. The fourth-order valence-electron chi connectivity index (χ4n) is 1.25. The quantitative estimate of drug-likeness (QED) is 0.403. The zero-order valence-electron chi connectivity index (χ0n) is 8.55. The summed E-state index contributed by atoms with van der Waals surface area (Å²) < 4.78 is 0. The van der Waals surface area contributed by atoms with Crippen LogP contribution in [0.25, 0.3) is 0 Å². The van der Waals surface area contributed by atoms with Gasteiger partial charge in [-0.2, -0.15) is 0 Å². The average molecular weight is 194 g/mol. The van der Waals surface area contributed by atoms with Crippen molar-refractivity contribution < 1.29 is 15.1 Å². The molecule has 1 aromatic carbocycles. The van der Waals surface area contributed by atoms with Crippen molar-refractivity contribution in [1.29, 1.82) is 0 Å². The molecular formula is C11H14O3. The summed E-state index contributed by atoms with van der Waals surface area (Å²) in [6, 6.07) is 3.50. The average Bonchev–Trinajstić information content (AvgIpc) is 2.12. The summed E-state index contributed by atoms with van der Waals surface area (Å²) >= 11 is 0. The van der Waals surface area contributed by atoms with Crippen LogP contribution in [-0.2, 0) is 4.79 Å². The Morgan fingerprint density at radius 3 is 1.93 bits per heavy atom. The molecule has 0 heterocycles. The minimum Gasteiger partial charge on any atom is -0.412 e. The molecule has 0 saturated heterocycles. The molecule has 3 heteroatoms. The predicted molar refractivity (Wildman–Crippen MR) is 54.7 cm³/mol. The Labute approximate surface area is 83.1 Å². The van der Waals surface area contributed by atoms with Gasteiger partial charge in [0.2, 0.25) is 5.78 Å². The van der Waals surface area contributed by atoms with Gasteiger partial charge in [0.1, 0.15) is 0 Å². The Bertz CT molecular complexity index is 344. The summed E-state index contributed by atoms with van der Waals surface area (Å²) in [5.74, 6) is -0.453. The Kier molecular flexibility index (Phi) is 4.18. The number of benzene rings is 1. The van der Waals surface area contributed by atoms with E-state index in [1.165, 1.54) is 5.56 Å². The van der Waals surface area contributed by atoms with Crippen molar-refractivity contribution in [3.8, 4) is 0 Å². The van der Waals surface area contributed by atoms with E-state index in [1.54, 1.807) is 12.1 Å². The molecule has 76 valence electrons. The molecule has 0 aromatic heterocycles. The second-order valence-corrected chi connectivity index (χ2v) is 3.22. The van der Waals surface area contributed by atoms with E-state index in [0.29, 0.717) is 11.8 Å². The second kappa shape index (κ2) is 4.67. The van der Waals surface area contributed by atoms with E-state index in [-0.39, 0.29) is 5.48 Å². The molecule has 0 saturated carbocycles. The van der Waals surface area contributed by atoms with Crippen LogP contribution in [0.1, 0.15) is 27.0 Å². The van der Waals surface area contributed by atoms with E-state index < -0.39 is 5.78 Å². The zero-order chi connectivity index (χ0) is 10.0. The number of aldehydes is 1. The number of Topliss-reactive ketones (excluding diaryl/α,β-unsaturated/α-hetero) is 1. The van der Waals surface area contributed by atoms with Crippen molar-refractivity contribution in [2.24, 2.45) is 0 Å². The molecule has 0 aliphatic carbocycles. The van der Waals surface area contributed by atoms with E-state index in [1.807, 2.05) is 20.8 Å². The van der Waals surface area contributed by atoms with Gasteiger partial charge in [-0.15, -0.1) is 0 Å². The minimum absolute atomic E-state index is 0. The SMILES string of the molecule is Cc1cc(C(=O)C=O)cc(C)c1C.O. The summed E-state index contributed by atoms with van der Waals surface area (Å²) in [6.45, 7) is 5.87. The molecule has 0 atom stereocenters. The van der Waals surface area contributed by atoms with Gasteiger partial charge in [-0.3, -0.25) is 9.59 Å². The van der Waals surface area contributed by atoms with Gasteiger partial charge in [0.05, 0.1) is 0 Å². The minimum atomic E-state index is -0.453. The Morgan fingerprint density at radius 2 is 1.57 bits per heavy atom. The highest BCUT2D eigenvalue weighted by Crippen LogP contribution is 2.15. The first-order chi connectivity index (χ1) is 6.06. The van der Waals surface area contributed by atoms with Gasteiger partial charge in [0.25, 0.3) is 0 Å². The van der Waals surface area contributed by atoms with Crippen LogP contribution in [0.3, 0.4) is 0 Å². The molecular weight excluding hydrogens is 180 g/mol. The fourth-order valence-corrected chi connectivity index (χ4v) is 1.25. The lowest BCUT2D eigenvalue weighted by Gasteiger charge is -2.05. The lowest BCUT2D eigenvalue weighted by Crippen LogP contribution is -2.02. The molecule has 1 aromatic rings. The van der Waals surface area contributed by atoms with Gasteiger partial charge in [-0.05, 0) is 49.6 Å². The van der Waals surface area contributed by atoms with Gasteiger partial charge in [-0.1, -0.05) is 0 Å². The summed E-state index contributed by atoms with van der Waals surface area (Å²) in [7, 11) is 0. The third-order valence-corrected chi connectivity index (χ3v) is 2.32. The van der Waals surface area contributed by atoms with Crippen molar-refractivity contribution in [2.75, 3.05) is 0 Å². The monoisotopic (exact) mass is 194 g/mol. The number of ketones is 1. The second-order valence-electron chi connectivity index (χ2n) is 3.22. The van der Waals surface area contributed by atoms with Crippen LogP contribution in [0.5, 0.6) is 0 Å². The molecule has 0 aliphatic rings. The molecule has 0 aliphatic heterocycles. The van der Waals surface area contributed by atoms with E-state index in [9.17, 15) is 9.59 Å². The van der Waals surface area contributed by atoms with Crippen LogP contribution >= 0.6 is 0 Å². The molecule has 0 spiro atoms. The predicted octanol–water partition coefficient (Wildman–Crippen LogP) is 1.17. The smallest absolute Gasteiger partial charge is 0.225 e. The summed E-state index contributed by atoms with van der Waals surface area (Å²) in [4.78, 5) is 21.3. The molecule has 1 rings (SSSR count). The first-order valence-corrected chi connectivity index (χ1v) is 4.13. The summed E-state index contributed by atoms with van der Waals surface area (Å²) in [5.41, 5.74) is 3.74. The van der Waals surface area contributed by atoms with E-state index >= 15 is 0 Å². The maximum atomic E-state index is 11.1. The molecule has 0 radical (unpaired) electrons. The number of hydrogen-bond acceptors (Lipinski definition) is 2. The highest BCUT2D eigenvalue weighted by Gasteiger charge is 2.06. The molecule has 2 N–H and O–H groups in total. The third kappa shape index (κ3) is 2.26. The highest BCUT2D eigenvalue weighted by molar-refractivity contribution is 6.33. The van der Waals surface area contributed by atoms with Crippen LogP contribution in [-0.4, -0.2) is 17.5 Å². The van der Waals surface area contributed by atoms with Gasteiger partial charge in [0, 0.05) is 5.56 Å². The number of carbonyl (C=O) groups is 2. The van der Waals surface area contributed by atoms with Crippen molar-refractivity contribution in [3.63, 3.8) is 0 Å². The first-order valence-electron chi connectivity index (χ1n) is 4.13. The molecule has 3 nitrogen and oxygen atoms in total. The Hall–Kier alpha value is -1.48. The van der Waals surface area contributed by atoms with Gasteiger partial charge in [-0.25, -0.2) is 0 Å². The maximum absolute atomic E-state index is 11.1. The Morgan fingerprint density at radius 1 is 1.14 bits per heavy atom. The highest BCUT2D eigenvalue weighted by atomic mass is 16.2. The standard InChI is InChI=1S/C11H12O2.H2O/c1-7-4-10(11(13)6-12)5-8(2)9(7)3;/h4-6H,1-3H3;1H2. The molecule has 0 bridgehead atoms. The van der Waals surface area contributed by atoms with Crippen LogP contribution < -0.4 is 0 Å². The van der Waals surface area contributed by atoms with Gasteiger partial charge >= 0.3 is 0 Å². The van der Waals surface area contributed by atoms with Crippen LogP contribution in [0, 0.1) is 20.8 Å². The molecule has 0 unspecified atom stereocenters. The fraction of sp³-hybridized carbons (Fsp3) is 0.273. The molecule has 0 fully saturated rings. The van der Waals surface area contributed by atoms with Gasteiger partial charge in [0.15, 0.2) is 6.29 Å². The lowest BCUT2D eigenvalue weighted by molar-refractivity contribution is -0.104. The largest absolute Gasteiger partial charge is 0.412 e. The van der Waals surface area contributed by atoms with Crippen molar-refractivity contribution >= 4 is 12.1 Å². The van der Waals surface area contributed by atoms with Crippen LogP contribution in [0.2, 0.25) is 0 Å². The number of hydrogen-bond donors (Lipinski definition) is 0. The first kappa shape index (κ1) is 12.5. The third-order valence-electron chi connectivity index (χ3n) is 2.32. The Balaban J connectivity index is 0.00000169. The zero-order valence-corrected chi connectivity index (χ0v) is 8.55. The molecule has 14 heavy (non-hydrogen) atoms. The van der Waals surface area contributed by atoms with E-state index in [2.05, 4.69) is 0 Å². The van der Waals surface area contributed by atoms with Crippen LogP contribution in [0.4, 0.5) is 0 Å². The maximum Gasteiger partial charge on any atom is 0.225 e. The topological polar surface area (TPSA) is 65.6 Å². The number of rotatable bonds is 2. The van der Waals surface area contributed by atoms with E-state index in [4.69, 9.17) is 0 Å². The summed E-state index contributed by atoms with van der Waals surface area (Å²) in [5, 5.41) is 0. The number of carbonyl (C=O) groups excluding carboxylic acids is 2. The van der Waals surface area contributed by atoms with Crippen molar-refractivity contribution in [3.05, 3.63) is 34.4 Å². The van der Waals surface area contributed by atoms with Crippen molar-refractivity contribution in [1.82, 2.24) is 0 Å². The summed E-state index contributed by atoms with van der Waals surface area (Å²) in [6.07, 6.45) is 0.351. The van der Waals surface area contributed by atoms with Gasteiger partial charge < -0.3 is 5.48 Å². The van der Waals surface area contributed by atoms with Crippen molar-refractivity contribution in [2.45, 2.75) is 20.8 Å². The van der Waals surface area contributed by atoms with Crippen LogP contribution in [0.15, 0.2) is 12.1 Å². The number of aryl methyl sites for hydroxylation is 2. The molecule has 0 amide bonds. The van der Waals surface area contributed by atoms with E-state index in [0.717, 1.165) is 11.1 Å². The normalized spacial score (nSPS) is 9.07.